The van der Waals surface area contributed by atoms with Crippen LogP contribution in [0.5, 0.6) is 5.75 Å². The summed E-state index contributed by atoms with van der Waals surface area (Å²) in [6, 6.07) is 5.41. The molecule has 17 heavy (non-hydrogen) atoms. The van der Waals surface area contributed by atoms with E-state index < -0.39 is 0 Å². The number of hydrogen-bond acceptors (Lipinski definition) is 4. The van der Waals surface area contributed by atoms with Gasteiger partial charge in [-0.15, -0.1) is 0 Å². The molecule has 4 heteroatoms. The van der Waals surface area contributed by atoms with Crippen molar-refractivity contribution in [2.24, 2.45) is 5.73 Å². The topological polar surface area (TPSA) is 82.9 Å². The minimum absolute atomic E-state index is 0.204. The van der Waals surface area contributed by atoms with Crippen LogP contribution in [0.15, 0.2) is 18.2 Å². The van der Waals surface area contributed by atoms with Crippen molar-refractivity contribution in [3.63, 3.8) is 0 Å². The van der Waals surface area contributed by atoms with E-state index in [0.717, 1.165) is 17.5 Å². The molecule has 4 N–H and O–H groups in total. The molecular formula is C13H19N3O. The molecule has 0 aliphatic heterocycles. The van der Waals surface area contributed by atoms with E-state index in [1.54, 1.807) is 19.1 Å². The molecule has 92 valence electrons. The molecular weight excluding hydrogens is 214 g/mol. The summed E-state index contributed by atoms with van der Waals surface area (Å²) in [6.07, 6.45) is 0.912. The Labute approximate surface area is 102 Å². The van der Waals surface area contributed by atoms with Crippen molar-refractivity contribution in [1.82, 2.24) is 0 Å². The van der Waals surface area contributed by atoms with Crippen molar-refractivity contribution in [3.05, 3.63) is 29.3 Å². The molecule has 0 radical (unpaired) electrons. The highest BCUT2D eigenvalue weighted by Gasteiger charge is 2.09. The predicted octanol–water partition coefficient (Wildman–Crippen LogP) is 2.19. The van der Waals surface area contributed by atoms with E-state index in [1.807, 2.05) is 13.0 Å². The van der Waals surface area contributed by atoms with E-state index >= 15 is 0 Å². The van der Waals surface area contributed by atoms with Gasteiger partial charge in [-0.05, 0) is 25.5 Å². The molecule has 0 fully saturated rings. The van der Waals surface area contributed by atoms with Crippen LogP contribution >= 0.6 is 0 Å². The molecule has 0 aliphatic rings. The summed E-state index contributed by atoms with van der Waals surface area (Å²) < 4.78 is 5.60. The molecule has 0 unspecified atom stereocenters. The Balaban J connectivity index is 3.09. The highest BCUT2D eigenvalue weighted by molar-refractivity contribution is 6.03. The Kier molecular flexibility index (Phi) is 4.84. The van der Waals surface area contributed by atoms with E-state index in [0.29, 0.717) is 23.8 Å². The van der Waals surface area contributed by atoms with Crippen LogP contribution in [0.4, 0.5) is 0 Å². The fourth-order valence-corrected chi connectivity index (χ4v) is 1.47. The van der Waals surface area contributed by atoms with Crippen LogP contribution in [0.1, 0.15) is 31.4 Å². The van der Waals surface area contributed by atoms with E-state index in [9.17, 15) is 0 Å². The summed E-state index contributed by atoms with van der Waals surface area (Å²) >= 11 is 0. The first-order chi connectivity index (χ1) is 8.10. The standard InChI is InChI=1S/C13H19N3O/c1-3-6-17-13-7-10(12(16)8-14)4-5-11(13)9(2)15/h4-5,7,15-16H,3,6,8,14H2,1-2H3. The van der Waals surface area contributed by atoms with Gasteiger partial charge in [-0.25, -0.2) is 0 Å². The monoisotopic (exact) mass is 233 g/mol. The van der Waals surface area contributed by atoms with Crippen LogP contribution in [0.2, 0.25) is 0 Å². The average molecular weight is 233 g/mol. The van der Waals surface area contributed by atoms with E-state index in [2.05, 4.69) is 0 Å². The van der Waals surface area contributed by atoms with Crippen molar-refractivity contribution in [1.29, 1.82) is 10.8 Å². The maximum atomic E-state index is 7.70. The fraction of sp³-hybridized carbons (Fsp3) is 0.385. The van der Waals surface area contributed by atoms with Crippen LogP contribution in [-0.4, -0.2) is 24.6 Å². The quantitative estimate of drug-likeness (QED) is 0.658. The lowest BCUT2D eigenvalue weighted by Gasteiger charge is -2.12. The van der Waals surface area contributed by atoms with Crippen LogP contribution in [0, 0.1) is 10.8 Å². The van der Waals surface area contributed by atoms with Crippen LogP contribution in [-0.2, 0) is 0 Å². The van der Waals surface area contributed by atoms with Crippen molar-refractivity contribution >= 4 is 11.4 Å². The predicted molar refractivity (Wildman–Crippen MR) is 70.6 cm³/mol. The Morgan fingerprint density at radius 2 is 2.06 bits per heavy atom. The SMILES string of the molecule is CCCOc1cc(C(=N)CN)ccc1C(C)=N. The minimum Gasteiger partial charge on any atom is -0.493 e. The zero-order valence-corrected chi connectivity index (χ0v) is 10.3. The van der Waals surface area contributed by atoms with Crippen molar-refractivity contribution in [2.75, 3.05) is 13.2 Å². The second-order valence-electron chi connectivity index (χ2n) is 3.87. The first-order valence-corrected chi connectivity index (χ1v) is 5.70. The number of nitrogens with two attached hydrogens (primary N) is 1. The molecule has 0 bridgehead atoms. The molecule has 0 saturated carbocycles. The highest BCUT2D eigenvalue weighted by Crippen LogP contribution is 2.21. The van der Waals surface area contributed by atoms with Gasteiger partial charge in [0.05, 0.1) is 12.3 Å². The number of nitrogens with one attached hydrogen (secondary N) is 2. The van der Waals surface area contributed by atoms with E-state index in [4.69, 9.17) is 21.3 Å². The van der Waals surface area contributed by atoms with Gasteiger partial charge in [-0.2, -0.15) is 0 Å². The zero-order valence-electron chi connectivity index (χ0n) is 10.3. The molecule has 0 atom stereocenters. The minimum atomic E-state index is 0.204. The summed E-state index contributed by atoms with van der Waals surface area (Å²) in [6.45, 7) is 4.57. The first kappa shape index (κ1) is 13.4. The van der Waals surface area contributed by atoms with Gasteiger partial charge < -0.3 is 21.3 Å². The van der Waals surface area contributed by atoms with Crippen LogP contribution in [0.3, 0.4) is 0 Å². The third-order valence-corrected chi connectivity index (χ3v) is 2.40. The maximum Gasteiger partial charge on any atom is 0.128 e. The van der Waals surface area contributed by atoms with Gasteiger partial charge in [0, 0.05) is 23.4 Å². The smallest absolute Gasteiger partial charge is 0.128 e. The van der Waals surface area contributed by atoms with Crippen molar-refractivity contribution in [2.45, 2.75) is 20.3 Å². The lowest BCUT2D eigenvalue weighted by molar-refractivity contribution is 0.317. The number of benzene rings is 1. The Hall–Kier alpha value is -1.68. The lowest BCUT2D eigenvalue weighted by Crippen LogP contribution is -2.14. The Bertz CT molecular complexity index is 427. The first-order valence-electron chi connectivity index (χ1n) is 5.70. The highest BCUT2D eigenvalue weighted by atomic mass is 16.5. The maximum absolute atomic E-state index is 7.70. The second-order valence-corrected chi connectivity index (χ2v) is 3.87. The van der Waals surface area contributed by atoms with Gasteiger partial charge in [-0.1, -0.05) is 13.0 Å². The Morgan fingerprint density at radius 1 is 1.35 bits per heavy atom. The molecule has 0 aliphatic carbocycles. The molecule has 1 aromatic carbocycles. The van der Waals surface area contributed by atoms with Crippen LogP contribution in [0.25, 0.3) is 0 Å². The number of ether oxygens (including phenoxy) is 1. The van der Waals surface area contributed by atoms with Gasteiger partial charge in [-0.3, -0.25) is 0 Å². The zero-order chi connectivity index (χ0) is 12.8. The molecule has 0 spiro atoms. The van der Waals surface area contributed by atoms with Gasteiger partial charge in [0.1, 0.15) is 5.75 Å². The number of hydrogen-bond donors (Lipinski definition) is 3. The third kappa shape index (κ3) is 3.39. The van der Waals surface area contributed by atoms with Gasteiger partial charge in [0.25, 0.3) is 0 Å². The average Bonchev–Trinajstić information content (AvgIpc) is 2.34. The third-order valence-electron chi connectivity index (χ3n) is 2.40. The lowest BCUT2D eigenvalue weighted by atomic mass is 10.0. The second kappa shape index (κ2) is 6.15. The summed E-state index contributed by atoms with van der Waals surface area (Å²) in [7, 11) is 0. The van der Waals surface area contributed by atoms with Gasteiger partial charge in [0.2, 0.25) is 0 Å². The van der Waals surface area contributed by atoms with Crippen molar-refractivity contribution < 1.29 is 4.74 Å². The molecule has 0 heterocycles. The fourth-order valence-electron chi connectivity index (χ4n) is 1.47. The Morgan fingerprint density at radius 3 is 2.59 bits per heavy atom. The molecule has 0 amide bonds. The van der Waals surface area contributed by atoms with Crippen LogP contribution < -0.4 is 10.5 Å². The summed E-state index contributed by atoms with van der Waals surface area (Å²) in [4.78, 5) is 0. The summed E-state index contributed by atoms with van der Waals surface area (Å²) in [5, 5.41) is 15.4. The molecule has 0 aromatic heterocycles. The van der Waals surface area contributed by atoms with Crippen molar-refractivity contribution in [3.8, 4) is 5.75 Å². The normalized spacial score (nSPS) is 10.1. The van der Waals surface area contributed by atoms with Gasteiger partial charge in [0.15, 0.2) is 0 Å². The largest absolute Gasteiger partial charge is 0.493 e. The van der Waals surface area contributed by atoms with E-state index in [1.165, 1.54) is 0 Å². The van der Waals surface area contributed by atoms with Gasteiger partial charge >= 0.3 is 0 Å². The van der Waals surface area contributed by atoms with E-state index in [-0.39, 0.29) is 6.54 Å². The number of rotatable bonds is 6. The molecule has 4 nitrogen and oxygen atoms in total. The summed E-state index contributed by atoms with van der Waals surface area (Å²) in [5.41, 5.74) is 7.80. The molecule has 0 saturated heterocycles. The molecule has 1 rings (SSSR count). The summed E-state index contributed by atoms with van der Waals surface area (Å²) in [5.74, 6) is 0.662. The molecule has 1 aromatic rings.